The van der Waals surface area contributed by atoms with E-state index in [4.69, 9.17) is 4.74 Å². The Labute approximate surface area is 133 Å². The highest BCUT2D eigenvalue weighted by atomic mass is 35.5. The third kappa shape index (κ3) is 2.36. The Hall–Kier alpha value is -2.65. The molecule has 0 spiro atoms. The Morgan fingerprint density at radius 2 is 1.86 bits per heavy atom. The van der Waals surface area contributed by atoms with E-state index >= 15 is 0 Å². The molecule has 108 valence electrons. The number of halogens is 1. The van der Waals surface area contributed by atoms with Gasteiger partial charge in [-0.3, -0.25) is 9.78 Å². The molecule has 22 heavy (non-hydrogen) atoms. The fraction of sp³-hybridized carbons (Fsp3) is 0. The van der Waals surface area contributed by atoms with Crippen molar-refractivity contribution in [1.29, 1.82) is 0 Å². The van der Waals surface area contributed by atoms with Gasteiger partial charge in [-0.2, -0.15) is 0 Å². The Morgan fingerprint density at radius 3 is 2.73 bits per heavy atom. The van der Waals surface area contributed by atoms with Crippen LogP contribution in [0.15, 0.2) is 66.7 Å². The monoisotopic (exact) mass is 309 g/mol. The number of aromatic nitrogens is 1. The number of pyridine rings is 1. The van der Waals surface area contributed by atoms with E-state index in [-0.39, 0.29) is 18.2 Å². The van der Waals surface area contributed by atoms with Crippen LogP contribution < -0.4 is 4.74 Å². The van der Waals surface area contributed by atoms with E-state index in [1.807, 2.05) is 42.6 Å². The molecule has 1 aromatic heterocycles. The maximum absolute atomic E-state index is 12.3. The van der Waals surface area contributed by atoms with E-state index in [9.17, 15) is 4.79 Å². The van der Waals surface area contributed by atoms with Gasteiger partial charge in [0.05, 0.1) is 5.56 Å². The maximum atomic E-state index is 12.3. The molecule has 0 amide bonds. The molecular weight excluding hydrogens is 298 g/mol. The summed E-state index contributed by atoms with van der Waals surface area (Å²) in [5.74, 6) is 0.920. The van der Waals surface area contributed by atoms with E-state index in [0.29, 0.717) is 17.1 Å². The van der Waals surface area contributed by atoms with Crippen LogP contribution in [0.2, 0.25) is 0 Å². The van der Waals surface area contributed by atoms with Gasteiger partial charge in [0.25, 0.3) is 0 Å². The summed E-state index contributed by atoms with van der Waals surface area (Å²) < 4.78 is 5.63. The summed E-state index contributed by atoms with van der Waals surface area (Å²) >= 11 is 0. The number of rotatable bonds is 1. The molecule has 4 heteroatoms. The van der Waals surface area contributed by atoms with Crippen LogP contribution in [-0.4, -0.2) is 10.8 Å². The summed E-state index contributed by atoms with van der Waals surface area (Å²) in [7, 11) is 0. The number of fused-ring (bicyclic) bond motifs is 2. The van der Waals surface area contributed by atoms with Crippen LogP contribution in [0.3, 0.4) is 0 Å². The lowest BCUT2D eigenvalue weighted by Gasteiger charge is -2.01. The van der Waals surface area contributed by atoms with Gasteiger partial charge < -0.3 is 4.74 Å². The third-order valence-corrected chi connectivity index (χ3v) is 3.54. The summed E-state index contributed by atoms with van der Waals surface area (Å²) in [5, 5.41) is 2.16. The lowest BCUT2D eigenvalue weighted by Crippen LogP contribution is -1.97. The van der Waals surface area contributed by atoms with Gasteiger partial charge in [-0.15, -0.1) is 12.4 Å². The van der Waals surface area contributed by atoms with Gasteiger partial charge in [0.2, 0.25) is 5.78 Å². The number of para-hydroxylation sites is 1. The number of Topliss-reactive ketones (excluding diaryl/α,β-unsaturated/α-hetero) is 1. The van der Waals surface area contributed by atoms with Crippen LogP contribution in [0, 0.1) is 0 Å². The number of carbonyl (C=O) groups excluding carboxylic acids is 1. The SMILES string of the molecule is Cl.O=C1/C(=C/c2ccc3cnccc3c2)Oc2ccccc21. The molecule has 0 saturated heterocycles. The summed E-state index contributed by atoms with van der Waals surface area (Å²) in [6, 6.07) is 15.2. The molecule has 0 radical (unpaired) electrons. The molecule has 0 N–H and O–H groups in total. The van der Waals surface area contributed by atoms with Crippen molar-refractivity contribution in [3.8, 4) is 5.75 Å². The molecular formula is C18H12ClNO2. The zero-order valence-electron chi connectivity index (χ0n) is 11.5. The first-order chi connectivity index (χ1) is 10.3. The second-order valence-corrected chi connectivity index (χ2v) is 4.92. The highest BCUT2D eigenvalue weighted by molar-refractivity contribution is 6.14. The summed E-state index contributed by atoms with van der Waals surface area (Å²) in [6.07, 6.45) is 5.36. The smallest absolute Gasteiger partial charge is 0.231 e. The van der Waals surface area contributed by atoms with Gasteiger partial charge in [-0.25, -0.2) is 0 Å². The molecule has 0 atom stereocenters. The molecule has 3 nitrogen and oxygen atoms in total. The average molecular weight is 310 g/mol. The van der Waals surface area contributed by atoms with Crippen LogP contribution in [-0.2, 0) is 0 Å². The van der Waals surface area contributed by atoms with Crippen LogP contribution in [0.1, 0.15) is 15.9 Å². The van der Waals surface area contributed by atoms with Gasteiger partial charge in [-0.1, -0.05) is 24.3 Å². The van der Waals surface area contributed by atoms with Crippen molar-refractivity contribution in [2.75, 3.05) is 0 Å². The first-order valence-corrected chi connectivity index (χ1v) is 6.68. The number of ether oxygens (including phenoxy) is 1. The Morgan fingerprint density at radius 1 is 1.00 bits per heavy atom. The van der Waals surface area contributed by atoms with Gasteiger partial charge >= 0.3 is 0 Å². The molecule has 0 bridgehead atoms. The molecule has 0 unspecified atom stereocenters. The molecule has 2 heterocycles. The summed E-state index contributed by atoms with van der Waals surface area (Å²) in [5.41, 5.74) is 1.55. The second kappa shape index (κ2) is 5.62. The standard InChI is InChI=1S/C18H11NO2.ClH/c20-18-15-3-1-2-4-16(15)21-17(18)10-12-5-6-14-11-19-8-7-13(14)9-12;/h1-11H;1H/b17-10-;. The van der Waals surface area contributed by atoms with Crippen molar-refractivity contribution in [2.24, 2.45) is 0 Å². The first-order valence-electron chi connectivity index (χ1n) is 6.68. The lowest BCUT2D eigenvalue weighted by atomic mass is 10.1. The third-order valence-electron chi connectivity index (χ3n) is 3.54. The molecule has 1 aliphatic rings. The zero-order valence-corrected chi connectivity index (χ0v) is 12.3. The highest BCUT2D eigenvalue weighted by Crippen LogP contribution is 2.31. The van der Waals surface area contributed by atoms with Crippen LogP contribution >= 0.6 is 12.4 Å². The highest BCUT2D eigenvalue weighted by Gasteiger charge is 2.26. The minimum Gasteiger partial charge on any atom is -0.452 e. The quantitative estimate of drug-likeness (QED) is 0.630. The zero-order chi connectivity index (χ0) is 14.2. The topological polar surface area (TPSA) is 39.2 Å². The van der Waals surface area contributed by atoms with Gasteiger partial charge in [0.15, 0.2) is 5.76 Å². The molecule has 0 fully saturated rings. The number of allylic oxidation sites excluding steroid dienone is 1. The molecule has 4 rings (SSSR count). The predicted octanol–water partition coefficient (Wildman–Crippen LogP) is 4.27. The summed E-state index contributed by atoms with van der Waals surface area (Å²) in [6.45, 7) is 0. The molecule has 0 aliphatic carbocycles. The molecule has 2 aromatic carbocycles. The molecule has 0 saturated carbocycles. The summed E-state index contributed by atoms with van der Waals surface area (Å²) in [4.78, 5) is 16.4. The van der Waals surface area contributed by atoms with Crippen LogP contribution in [0.25, 0.3) is 16.8 Å². The lowest BCUT2D eigenvalue weighted by molar-refractivity contribution is 0.101. The van der Waals surface area contributed by atoms with Crippen LogP contribution in [0.4, 0.5) is 0 Å². The molecule has 1 aliphatic heterocycles. The average Bonchev–Trinajstić information content (AvgIpc) is 2.84. The Kier molecular flexibility index (Phi) is 3.65. The van der Waals surface area contributed by atoms with Gasteiger partial charge in [0.1, 0.15) is 5.75 Å². The van der Waals surface area contributed by atoms with Crippen molar-refractivity contribution in [1.82, 2.24) is 4.98 Å². The van der Waals surface area contributed by atoms with Gasteiger partial charge in [0, 0.05) is 17.8 Å². The van der Waals surface area contributed by atoms with Crippen molar-refractivity contribution in [3.05, 3.63) is 77.8 Å². The number of hydrogen-bond donors (Lipinski definition) is 0. The number of carbonyl (C=O) groups is 1. The van der Waals surface area contributed by atoms with Crippen molar-refractivity contribution in [2.45, 2.75) is 0 Å². The maximum Gasteiger partial charge on any atom is 0.231 e. The number of hydrogen-bond acceptors (Lipinski definition) is 3. The largest absolute Gasteiger partial charge is 0.452 e. The van der Waals surface area contributed by atoms with Gasteiger partial charge in [-0.05, 0) is 41.3 Å². The second-order valence-electron chi connectivity index (χ2n) is 4.92. The normalized spacial score (nSPS) is 14.5. The molecule has 3 aromatic rings. The van der Waals surface area contributed by atoms with Crippen molar-refractivity contribution in [3.63, 3.8) is 0 Å². The fourth-order valence-corrected chi connectivity index (χ4v) is 2.48. The number of nitrogens with zero attached hydrogens (tertiary/aromatic N) is 1. The van der Waals surface area contributed by atoms with E-state index in [2.05, 4.69) is 4.98 Å². The van der Waals surface area contributed by atoms with Crippen LogP contribution in [0.5, 0.6) is 5.75 Å². The number of ketones is 1. The van der Waals surface area contributed by atoms with E-state index in [1.54, 1.807) is 24.4 Å². The van der Waals surface area contributed by atoms with E-state index < -0.39 is 0 Å². The number of benzene rings is 2. The van der Waals surface area contributed by atoms with E-state index in [0.717, 1.165) is 16.3 Å². The van der Waals surface area contributed by atoms with E-state index in [1.165, 1.54) is 0 Å². The Bertz CT molecular complexity index is 902. The minimum absolute atomic E-state index is 0. The fourth-order valence-electron chi connectivity index (χ4n) is 2.48. The Balaban J connectivity index is 0.00000144. The minimum atomic E-state index is -0.0691. The predicted molar refractivity (Wildman–Crippen MR) is 88.4 cm³/mol. The first kappa shape index (κ1) is 14.3. The van der Waals surface area contributed by atoms with Crippen molar-refractivity contribution < 1.29 is 9.53 Å². The van der Waals surface area contributed by atoms with Crippen molar-refractivity contribution >= 4 is 35.0 Å².